The first-order valence-corrected chi connectivity index (χ1v) is 10.4. The van der Waals surface area contributed by atoms with E-state index in [4.69, 9.17) is 0 Å². The Hall–Kier alpha value is -2.33. The van der Waals surface area contributed by atoms with Crippen LogP contribution in [0.1, 0.15) is 48.0 Å². The fourth-order valence-electron chi connectivity index (χ4n) is 5.06. The van der Waals surface area contributed by atoms with Gasteiger partial charge >= 0.3 is 0 Å². The Morgan fingerprint density at radius 2 is 1.86 bits per heavy atom. The number of aromatic hydroxyl groups is 1. The van der Waals surface area contributed by atoms with E-state index in [2.05, 4.69) is 42.2 Å². The van der Waals surface area contributed by atoms with Crippen molar-refractivity contribution in [3.63, 3.8) is 0 Å². The van der Waals surface area contributed by atoms with E-state index < -0.39 is 0 Å². The van der Waals surface area contributed by atoms with Gasteiger partial charge in [0.25, 0.3) is 5.91 Å². The number of rotatable bonds is 3. The van der Waals surface area contributed by atoms with Gasteiger partial charge in [0.1, 0.15) is 5.75 Å². The molecular weight excluding hydrogens is 348 g/mol. The second-order valence-electron chi connectivity index (χ2n) is 8.48. The zero-order chi connectivity index (χ0) is 19.6. The number of phenols is 1. The van der Waals surface area contributed by atoms with Crippen LogP contribution in [-0.4, -0.2) is 53.5 Å². The van der Waals surface area contributed by atoms with Crippen LogP contribution in [0, 0.1) is 5.41 Å². The van der Waals surface area contributed by atoms with Crippen molar-refractivity contribution >= 4 is 5.91 Å². The number of nitrogens with zero attached hydrogens (tertiary/aromatic N) is 2. The molecule has 148 valence electrons. The molecular formula is C24H30N2O2. The lowest BCUT2D eigenvalue weighted by atomic mass is 9.68. The van der Waals surface area contributed by atoms with Gasteiger partial charge in [-0.2, -0.15) is 0 Å². The molecule has 1 atom stereocenters. The van der Waals surface area contributed by atoms with Crippen molar-refractivity contribution in [2.75, 3.05) is 32.7 Å². The molecule has 0 aliphatic carbocycles. The zero-order valence-corrected chi connectivity index (χ0v) is 16.7. The number of phenolic OH excluding ortho intramolecular Hbond substituents is 1. The summed E-state index contributed by atoms with van der Waals surface area (Å²) < 4.78 is 0. The topological polar surface area (TPSA) is 43.8 Å². The minimum Gasteiger partial charge on any atom is -0.508 e. The van der Waals surface area contributed by atoms with E-state index in [9.17, 15) is 9.90 Å². The fraction of sp³-hybridized carbons (Fsp3) is 0.458. The first-order valence-electron chi connectivity index (χ1n) is 10.4. The van der Waals surface area contributed by atoms with Gasteiger partial charge in [-0.25, -0.2) is 0 Å². The summed E-state index contributed by atoms with van der Waals surface area (Å²) in [5.74, 6) is 0.757. The van der Waals surface area contributed by atoms with Crippen LogP contribution in [0.2, 0.25) is 0 Å². The SMILES string of the molecule is CCN1CC(c2ccccc2)CC2(CCN(C(=O)c3cccc(O)c3)CC2)C1. The standard InChI is InChI=1S/C24H30N2O2/c1-2-25-17-21(19-7-4-3-5-8-19)16-24(18-25)11-13-26(14-12-24)23(28)20-9-6-10-22(27)15-20/h3-10,15,21,27H,2,11-14,16-18H2,1H3. The van der Waals surface area contributed by atoms with E-state index in [1.165, 1.54) is 12.0 Å². The van der Waals surface area contributed by atoms with Crippen molar-refractivity contribution in [1.82, 2.24) is 9.80 Å². The average Bonchev–Trinajstić information content (AvgIpc) is 2.74. The molecule has 2 heterocycles. The van der Waals surface area contributed by atoms with E-state index >= 15 is 0 Å². The van der Waals surface area contributed by atoms with Crippen LogP contribution in [0.3, 0.4) is 0 Å². The summed E-state index contributed by atoms with van der Waals surface area (Å²) in [6.45, 7) is 7.20. The largest absolute Gasteiger partial charge is 0.508 e. The maximum atomic E-state index is 12.8. The monoisotopic (exact) mass is 378 g/mol. The minimum absolute atomic E-state index is 0.0357. The third-order valence-electron chi connectivity index (χ3n) is 6.64. The van der Waals surface area contributed by atoms with Gasteiger partial charge in [0.15, 0.2) is 0 Å². The van der Waals surface area contributed by atoms with Gasteiger partial charge in [-0.1, -0.05) is 43.3 Å². The Kier molecular flexibility index (Phi) is 5.40. The number of piperidine rings is 2. The van der Waals surface area contributed by atoms with Crippen LogP contribution in [-0.2, 0) is 0 Å². The Bertz CT molecular complexity index is 812. The van der Waals surface area contributed by atoms with E-state index in [-0.39, 0.29) is 11.7 Å². The van der Waals surface area contributed by atoms with Crippen molar-refractivity contribution in [2.45, 2.75) is 32.1 Å². The molecule has 0 saturated carbocycles. The number of likely N-dealkylation sites (tertiary alicyclic amines) is 2. The number of carbonyl (C=O) groups is 1. The molecule has 2 saturated heterocycles. The third-order valence-corrected chi connectivity index (χ3v) is 6.64. The van der Waals surface area contributed by atoms with Gasteiger partial charge in [0.05, 0.1) is 0 Å². The van der Waals surface area contributed by atoms with E-state index in [0.717, 1.165) is 45.6 Å². The van der Waals surface area contributed by atoms with E-state index in [0.29, 0.717) is 16.9 Å². The summed E-state index contributed by atoms with van der Waals surface area (Å²) >= 11 is 0. The predicted octanol–water partition coefficient (Wildman–Crippen LogP) is 4.12. The van der Waals surface area contributed by atoms with Gasteiger partial charge < -0.3 is 14.9 Å². The summed E-state index contributed by atoms with van der Waals surface area (Å²) in [4.78, 5) is 17.4. The highest BCUT2D eigenvalue weighted by Gasteiger charge is 2.42. The Morgan fingerprint density at radius 1 is 1.11 bits per heavy atom. The van der Waals surface area contributed by atoms with Crippen molar-refractivity contribution in [3.8, 4) is 5.75 Å². The molecule has 2 aromatic rings. The molecule has 2 fully saturated rings. The Morgan fingerprint density at radius 3 is 2.54 bits per heavy atom. The first-order chi connectivity index (χ1) is 13.6. The van der Waals surface area contributed by atoms with Crippen molar-refractivity contribution in [1.29, 1.82) is 0 Å². The fourth-order valence-corrected chi connectivity index (χ4v) is 5.06. The lowest BCUT2D eigenvalue weighted by molar-refractivity contribution is 0.0158. The molecule has 1 N–H and O–H groups in total. The van der Waals surface area contributed by atoms with Gasteiger partial charge in [0, 0.05) is 31.7 Å². The Labute approximate surface area is 167 Å². The second-order valence-corrected chi connectivity index (χ2v) is 8.48. The quantitative estimate of drug-likeness (QED) is 0.874. The summed E-state index contributed by atoms with van der Waals surface area (Å²) in [5, 5.41) is 9.68. The maximum absolute atomic E-state index is 12.8. The molecule has 0 aromatic heterocycles. The number of carbonyl (C=O) groups excluding carboxylic acids is 1. The van der Waals surface area contributed by atoms with Gasteiger partial charge in [0.2, 0.25) is 0 Å². The predicted molar refractivity (Wildman–Crippen MR) is 112 cm³/mol. The average molecular weight is 379 g/mol. The summed E-state index contributed by atoms with van der Waals surface area (Å²) in [5.41, 5.74) is 2.32. The zero-order valence-electron chi connectivity index (χ0n) is 16.7. The molecule has 2 aromatic carbocycles. The van der Waals surface area contributed by atoms with E-state index in [1.807, 2.05) is 4.90 Å². The molecule has 2 aliphatic rings. The van der Waals surface area contributed by atoms with Crippen molar-refractivity contribution in [3.05, 3.63) is 65.7 Å². The second kappa shape index (κ2) is 7.96. The number of amides is 1. The number of benzene rings is 2. The summed E-state index contributed by atoms with van der Waals surface area (Å²) in [6, 6.07) is 17.6. The van der Waals surface area contributed by atoms with Crippen LogP contribution in [0.15, 0.2) is 54.6 Å². The molecule has 4 nitrogen and oxygen atoms in total. The van der Waals surface area contributed by atoms with Gasteiger partial charge in [-0.15, -0.1) is 0 Å². The number of hydrogen-bond acceptors (Lipinski definition) is 3. The summed E-state index contributed by atoms with van der Waals surface area (Å²) in [6.07, 6.45) is 3.32. The first kappa shape index (κ1) is 19.0. The molecule has 4 heteroatoms. The molecule has 28 heavy (non-hydrogen) atoms. The molecule has 0 radical (unpaired) electrons. The van der Waals surface area contributed by atoms with Gasteiger partial charge in [-0.05, 0) is 60.9 Å². The lowest BCUT2D eigenvalue weighted by Gasteiger charge is -2.50. The molecule has 1 spiro atoms. The van der Waals surface area contributed by atoms with Crippen LogP contribution in [0.4, 0.5) is 0 Å². The highest BCUT2D eigenvalue weighted by Crippen LogP contribution is 2.45. The van der Waals surface area contributed by atoms with Crippen molar-refractivity contribution < 1.29 is 9.90 Å². The van der Waals surface area contributed by atoms with Crippen molar-refractivity contribution in [2.24, 2.45) is 5.41 Å². The summed E-state index contributed by atoms with van der Waals surface area (Å²) in [7, 11) is 0. The van der Waals surface area contributed by atoms with Crippen LogP contribution in [0.25, 0.3) is 0 Å². The van der Waals surface area contributed by atoms with E-state index in [1.54, 1.807) is 24.3 Å². The molecule has 1 unspecified atom stereocenters. The lowest BCUT2D eigenvalue weighted by Crippen LogP contribution is -2.52. The highest BCUT2D eigenvalue weighted by molar-refractivity contribution is 5.94. The maximum Gasteiger partial charge on any atom is 0.253 e. The van der Waals surface area contributed by atoms with Crippen LogP contribution >= 0.6 is 0 Å². The highest BCUT2D eigenvalue weighted by atomic mass is 16.3. The smallest absolute Gasteiger partial charge is 0.253 e. The Balaban J connectivity index is 1.46. The molecule has 1 amide bonds. The van der Waals surface area contributed by atoms with Crippen LogP contribution in [0.5, 0.6) is 5.75 Å². The third kappa shape index (κ3) is 3.93. The van der Waals surface area contributed by atoms with Crippen LogP contribution < -0.4 is 0 Å². The molecule has 2 aliphatic heterocycles. The molecule has 0 bridgehead atoms. The molecule has 4 rings (SSSR count). The number of hydrogen-bond donors (Lipinski definition) is 1. The van der Waals surface area contributed by atoms with Gasteiger partial charge in [-0.3, -0.25) is 4.79 Å². The normalized spacial score (nSPS) is 22.3. The minimum atomic E-state index is 0.0357. The number of likely N-dealkylation sites (N-methyl/N-ethyl adjacent to an activating group) is 1.